The van der Waals surface area contributed by atoms with Gasteiger partial charge in [-0.3, -0.25) is 4.98 Å². The molecule has 0 spiro atoms. The molecule has 2 fully saturated rings. The van der Waals surface area contributed by atoms with Crippen molar-refractivity contribution in [1.82, 2.24) is 4.98 Å². The molecule has 2 aliphatic rings. The van der Waals surface area contributed by atoms with Crippen LogP contribution < -0.4 is 5.32 Å². The predicted molar refractivity (Wildman–Crippen MR) is 58.9 cm³/mol. The summed E-state index contributed by atoms with van der Waals surface area (Å²) in [6.45, 7) is 0. The second-order valence-electron chi connectivity index (χ2n) is 4.39. The molecule has 0 radical (unpaired) electrons. The summed E-state index contributed by atoms with van der Waals surface area (Å²) in [5, 5.41) is 12.4. The topological polar surface area (TPSA) is 57.9 Å². The lowest BCUT2D eigenvalue weighted by Gasteiger charge is -2.21. The lowest BCUT2D eigenvalue weighted by atomic mass is 9.95. The fourth-order valence-electron chi connectivity index (χ4n) is 2.60. The van der Waals surface area contributed by atoms with Crippen LogP contribution in [-0.2, 0) is 4.74 Å². The van der Waals surface area contributed by atoms with E-state index < -0.39 is 0 Å². The maximum absolute atomic E-state index is 8.98. The normalized spacial score (nSPS) is 31.3. The number of nitrogens with zero attached hydrogens (tertiary/aromatic N) is 2. The Morgan fingerprint density at radius 2 is 2.44 bits per heavy atom. The minimum Gasteiger partial charge on any atom is -0.377 e. The molecule has 3 unspecified atom stereocenters. The van der Waals surface area contributed by atoms with Crippen LogP contribution in [0.3, 0.4) is 0 Å². The largest absolute Gasteiger partial charge is 0.377 e. The molecule has 2 bridgehead atoms. The second kappa shape index (κ2) is 3.76. The summed E-state index contributed by atoms with van der Waals surface area (Å²) in [7, 11) is 0. The Bertz CT molecular complexity index is 440. The van der Waals surface area contributed by atoms with E-state index in [2.05, 4.69) is 16.4 Å². The number of pyridine rings is 1. The monoisotopic (exact) mass is 215 g/mol. The highest BCUT2D eigenvalue weighted by molar-refractivity contribution is 5.56. The molecule has 1 N–H and O–H groups in total. The average Bonchev–Trinajstić information content (AvgIpc) is 2.92. The molecule has 1 aromatic rings. The first-order valence-electron chi connectivity index (χ1n) is 5.63. The zero-order valence-corrected chi connectivity index (χ0v) is 8.89. The molecule has 3 heterocycles. The van der Waals surface area contributed by atoms with E-state index in [1.54, 1.807) is 18.5 Å². The third kappa shape index (κ3) is 1.54. The van der Waals surface area contributed by atoms with Gasteiger partial charge in [0.15, 0.2) is 0 Å². The van der Waals surface area contributed by atoms with Gasteiger partial charge in [-0.15, -0.1) is 0 Å². The second-order valence-corrected chi connectivity index (χ2v) is 4.39. The van der Waals surface area contributed by atoms with E-state index in [0.29, 0.717) is 23.8 Å². The molecule has 0 aromatic carbocycles. The van der Waals surface area contributed by atoms with Crippen molar-refractivity contribution in [2.24, 2.45) is 0 Å². The Hall–Kier alpha value is -1.60. The van der Waals surface area contributed by atoms with Crippen LogP contribution in [0.1, 0.15) is 24.8 Å². The first-order chi connectivity index (χ1) is 7.86. The Balaban J connectivity index is 1.77. The molecular weight excluding hydrogens is 202 g/mol. The number of hydrogen-bond donors (Lipinski definition) is 1. The van der Waals surface area contributed by atoms with Crippen LogP contribution in [0, 0.1) is 11.3 Å². The van der Waals surface area contributed by atoms with Crippen LogP contribution in [0.5, 0.6) is 0 Å². The van der Waals surface area contributed by atoms with Gasteiger partial charge in [0.1, 0.15) is 6.07 Å². The molecular formula is C12H13N3O. The zero-order chi connectivity index (χ0) is 11.0. The minimum atomic E-state index is 0.316. The summed E-state index contributed by atoms with van der Waals surface area (Å²) in [5.74, 6) is 0. The summed E-state index contributed by atoms with van der Waals surface area (Å²) in [6, 6.07) is 4.25. The summed E-state index contributed by atoms with van der Waals surface area (Å²) >= 11 is 0. The van der Waals surface area contributed by atoms with Crippen molar-refractivity contribution in [3.8, 4) is 6.07 Å². The molecule has 82 valence electrons. The number of nitrogens with one attached hydrogen (secondary N) is 1. The van der Waals surface area contributed by atoms with E-state index in [4.69, 9.17) is 10.00 Å². The van der Waals surface area contributed by atoms with Gasteiger partial charge in [0, 0.05) is 6.20 Å². The lowest BCUT2D eigenvalue weighted by molar-refractivity contribution is 0.102. The van der Waals surface area contributed by atoms with Gasteiger partial charge >= 0.3 is 0 Å². The third-order valence-corrected chi connectivity index (χ3v) is 3.39. The Morgan fingerprint density at radius 1 is 1.50 bits per heavy atom. The van der Waals surface area contributed by atoms with Crippen molar-refractivity contribution < 1.29 is 4.74 Å². The molecule has 0 aliphatic carbocycles. The van der Waals surface area contributed by atoms with Crippen LogP contribution in [-0.4, -0.2) is 23.2 Å². The van der Waals surface area contributed by atoms with Crippen molar-refractivity contribution in [2.75, 3.05) is 5.32 Å². The molecule has 0 saturated carbocycles. The van der Waals surface area contributed by atoms with Gasteiger partial charge in [0.2, 0.25) is 0 Å². The molecule has 3 rings (SSSR count). The molecule has 2 saturated heterocycles. The molecule has 2 aliphatic heterocycles. The highest BCUT2D eigenvalue weighted by atomic mass is 16.5. The van der Waals surface area contributed by atoms with E-state index in [1.165, 1.54) is 6.42 Å². The molecule has 4 nitrogen and oxygen atoms in total. The number of rotatable bonds is 2. The van der Waals surface area contributed by atoms with Crippen LogP contribution in [0.4, 0.5) is 5.69 Å². The fourth-order valence-corrected chi connectivity index (χ4v) is 2.60. The van der Waals surface area contributed by atoms with Gasteiger partial charge in [-0.05, 0) is 25.3 Å². The Labute approximate surface area is 94.2 Å². The first kappa shape index (κ1) is 9.61. The van der Waals surface area contributed by atoms with E-state index in [0.717, 1.165) is 18.5 Å². The van der Waals surface area contributed by atoms with E-state index in [9.17, 15) is 0 Å². The summed E-state index contributed by atoms with van der Waals surface area (Å²) in [6.07, 6.45) is 7.45. The van der Waals surface area contributed by atoms with E-state index >= 15 is 0 Å². The van der Waals surface area contributed by atoms with Gasteiger partial charge in [0.05, 0.1) is 35.7 Å². The van der Waals surface area contributed by atoms with Crippen molar-refractivity contribution in [3.05, 3.63) is 24.0 Å². The van der Waals surface area contributed by atoms with E-state index in [1.807, 2.05) is 0 Å². The number of hydrogen-bond acceptors (Lipinski definition) is 4. The smallest absolute Gasteiger partial charge is 0.101 e. The fraction of sp³-hybridized carbons (Fsp3) is 0.500. The SMILES string of the molecule is N#Cc1ccncc1NC1CC2CCC1O2. The number of anilines is 1. The lowest BCUT2D eigenvalue weighted by Crippen LogP contribution is -2.30. The Morgan fingerprint density at radius 3 is 3.12 bits per heavy atom. The van der Waals surface area contributed by atoms with Crippen molar-refractivity contribution >= 4 is 5.69 Å². The van der Waals surface area contributed by atoms with Crippen LogP contribution in [0.25, 0.3) is 0 Å². The van der Waals surface area contributed by atoms with Crippen LogP contribution in [0.15, 0.2) is 18.5 Å². The molecule has 4 heteroatoms. The third-order valence-electron chi connectivity index (χ3n) is 3.39. The molecule has 3 atom stereocenters. The quantitative estimate of drug-likeness (QED) is 0.815. The van der Waals surface area contributed by atoms with Crippen molar-refractivity contribution in [3.63, 3.8) is 0 Å². The van der Waals surface area contributed by atoms with Gasteiger partial charge in [-0.2, -0.15) is 5.26 Å². The van der Waals surface area contributed by atoms with Crippen LogP contribution in [0.2, 0.25) is 0 Å². The number of nitriles is 1. The van der Waals surface area contributed by atoms with Gasteiger partial charge < -0.3 is 10.1 Å². The first-order valence-corrected chi connectivity index (χ1v) is 5.63. The van der Waals surface area contributed by atoms with Gasteiger partial charge in [-0.1, -0.05) is 0 Å². The van der Waals surface area contributed by atoms with E-state index in [-0.39, 0.29) is 0 Å². The number of fused-ring (bicyclic) bond motifs is 2. The zero-order valence-electron chi connectivity index (χ0n) is 8.89. The predicted octanol–water partition coefficient (Wildman–Crippen LogP) is 1.69. The van der Waals surface area contributed by atoms with Crippen molar-refractivity contribution in [1.29, 1.82) is 5.26 Å². The summed E-state index contributed by atoms with van der Waals surface area (Å²) in [4.78, 5) is 4.04. The summed E-state index contributed by atoms with van der Waals surface area (Å²) in [5.41, 5.74) is 1.48. The average molecular weight is 215 g/mol. The van der Waals surface area contributed by atoms with Crippen molar-refractivity contribution in [2.45, 2.75) is 37.5 Å². The minimum absolute atomic E-state index is 0.316. The number of aromatic nitrogens is 1. The van der Waals surface area contributed by atoms with Gasteiger partial charge in [0.25, 0.3) is 0 Å². The van der Waals surface area contributed by atoms with Crippen LogP contribution >= 0.6 is 0 Å². The molecule has 0 amide bonds. The maximum Gasteiger partial charge on any atom is 0.101 e. The summed E-state index contributed by atoms with van der Waals surface area (Å²) < 4.78 is 5.76. The molecule has 16 heavy (non-hydrogen) atoms. The standard InChI is InChI=1S/C12H13N3O/c13-6-8-3-4-14-7-11(8)15-10-5-9-1-2-12(10)16-9/h3-4,7,9-10,12,15H,1-2,5H2. The number of ether oxygens (including phenoxy) is 1. The molecule has 1 aromatic heterocycles. The Kier molecular flexibility index (Phi) is 2.26. The highest BCUT2D eigenvalue weighted by Gasteiger charge is 2.40. The highest BCUT2D eigenvalue weighted by Crippen LogP contribution is 2.36. The maximum atomic E-state index is 8.98. The van der Waals surface area contributed by atoms with Gasteiger partial charge in [-0.25, -0.2) is 0 Å².